The fraction of sp³-hybridized carbons (Fsp3) is 0.0556. The zero-order valence-corrected chi connectivity index (χ0v) is 32.3. The van der Waals surface area contributed by atoms with Crippen LogP contribution in [0.5, 0.6) is 0 Å². The molecule has 10 aromatic rings. The first kappa shape index (κ1) is 33.9. The molecular weight excluding hydrogens is 705 g/mol. The first-order chi connectivity index (χ1) is 28.5. The largest absolute Gasteiger partial charge is 0.309 e. The van der Waals surface area contributed by atoms with Crippen LogP contribution in [-0.4, -0.2) is 19.5 Å². The Morgan fingerprint density at radius 1 is 0.379 bits per heavy atom. The van der Waals surface area contributed by atoms with Crippen LogP contribution in [0.2, 0.25) is 0 Å². The highest BCUT2D eigenvalue weighted by molar-refractivity contribution is 6.17. The van der Waals surface area contributed by atoms with Crippen LogP contribution in [0, 0.1) is 0 Å². The highest BCUT2D eigenvalue weighted by Crippen LogP contribution is 2.53. The smallest absolute Gasteiger partial charge is 0.164 e. The van der Waals surface area contributed by atoms with Crippen molar-refractivity contribution >= 4 is 21.8 Å². The van der Waals surface area contributed by atoms with Gasteiger partial charge in [-0.25, -0.2) is 15.0 Å². The highest BCUT2D eigenvalue weighted by Gasteiger charge is 2.37. The molecule has 11 rings (SSSR count). The fourth-order valence-corrected chi connectivity index (χ4v) is 8.96. The van der Waals surface area contributed by atoms with Gasteiger partial charge in [-0.3, -0.25) is 0 Å². The summed E-state index contributed by atoms with van der Waals surface area (Å²) in [6.07, 6.45) is 0. The molecule has 0 unspecified atom stereocenters. The number of rotatable bonds is 6. The molecule has 0 aliphatic heterocycles. The molecule has 0 radical (unpaired) electrons. The SMILES string of the molecule is CC1(C)c2ccccc2-c2c1ccc1c2c2ccccc2n1-c1ccc(-c2nc(-c3ccc(-c4ccccc4)cc3)nc(-c3cccc(-c4ccccc4)c3)n2)cc1. The third-order valence-electron chi connectivity index (χ3n) is 11.9. The molecule has 0 fully saturated rings. The number of hydrogen-bond donors (Lipinski definition) is 0. The predicted molar refractivity (Wildman–Crippen MR) is 239 cm³/mol. The second-order valence-electron chi connectivity index (χ2n) is 15.6. The van der Waals surface area contributed by atoms with E-state index in [4.69, 9.17) is 15.0 Å². The summed E-state index contributed by atoms with van der Waals surface area (Å²) in [5.74, 6) is 1.89. The van der Waals surface area contributed by atoms with E-state index in [0.29, 0.717) is 17.5 Å². The van der Waals surface area contributed by atoms with Gasteiger partial charge in [0, 0.05) is 38.6 Å². The van der Waals surface area contributed by atoms with Crippen molar-refractivity contribution in [2.75, 3.05) is 0 Å². The van der Waals surface area contributed by atoms with Gasteiger partial charge in [0.15, 0.2) is 17.5 Å². The third-order valence-corrected chi connectivity index (χ3v) is 11.9. The standard InChI is InChI=1S/C54H38N4/c1-54(2)45-22-11-9-20-43(45)49-46(54)32-33-48-50(49)44-21-10-12-23-47(44)58(48)42-30-28-39(29-31-42)52-55-51(38-26-24-37(25-27-38)35-14-5-3-6-15-35)56-53(57-52)41-19-13-18-40(34-41)36-16-7-4-8-17-36/h3-34H,1-2H3. The van der Waals surface area contributed by atoms with Crippen molar-refractivity contribution < 1.29 is 0 Å². The molecule has 0 bridgehead atoms. The summed E-state index contributed by atoms with van der Waals surface area (Å²) in [6, 6.07) is 68.8. The molecule has 4 nitrogen and oxygen atoms in total. The highest BCUT2D eigenvalue weighted by atomic mass is 15.0. The Morgan fingerprint density at radius 3 is 1.60 bits per heavy atom. The summed E-state index contributed by atoms with van der Waals surface area (Å²) in [4.78, 5) is 15.3. The molecule has 0 saturated carbocycles. The van der Waals surface area contributed by atoms with Crippen molar-refractivity contribution in [3.05, 3.63) is 205 Å². The van der Waals surface area contributed by atoms with Gasteiger partial charge in [0.2, 0.25) is 0 Å². The lowest BCUT2D eigenvalue weighted by Crippen LogP contribution is -2.14. The molecule has 0 amide bonds. The zero-order valence-electron chi connectivity index (χ0n) is 32.3. The number of fused-ring (bicyclic) bond motifs is 7. The molecule has 8 aromatic carbocycles. The lowest BCUT2D eigenvalue weighted by molar-refractivity contribution is 0.661. The van der Waals surface area contributed by atoms with E-state index in [9.17, 15) is 0 Å². The number of para-hydroxylation sites is 1. The van der Waals surface area contributed by atoms with Crippen molar-refractivity contribution in [3.63, 3.8) is 0 Å². The quantitative estimate of drug-likeness (QED) is 0.170. The Morgan fingerprint density at radius 2 is 0.897 bits per heavy atom. The molecule has 0 N–H and O–H groups in total. The molecule has 4 heteroatoms. The van der Waals surface area contributed by atoms with Gasteiger partial charge >= 0.3 is 0 Å². The van der Waals surface area contributed by atoms with Gasteiger partial charge in [0.1, 0.15) is 0 Å². The third kappa shape index (κ3) is 5.48. The van der Waals surface area contributed by atoms with E-state index in [2.05, 4.69) is 200 Å². The van der Waals surface area contributed by atoms with Crippen LogP contribution in [0.1, 0.15) is 25.0 Å². The van der Waals surface area contributed by atoms with Crippen molar-refractivity contribution in [3.8, 4) is 73.2 Å². The maximum absolute atomic E-state index is 5.14. The Labute approximate surface area is 337 Å². The van der Waals surface area contributed by atoms with E-state index < -0.39 is 0 Å². The van der Waals surface area contributed by atoms with Crippen LogP contribution in [0.4, 0.5) is 0 Å². The van der Waals surface area contributed by atoms with Gasteiger partial charge < -0.3 is 4.57 Å². The second kappa shape index (κ2) is 13.4. The summed E-state index contributed by atoms with van der Waals surface area (Å²) in [5.41, 5.74) is 16.2. The first-order valence-electron chi connectivity index (χ1n) is 19.9. The molecule has 1 aliphatic rings. The van der Waals surface area contributed by atoms with Gasteiger partial charge in [-0.15, -0.1) is 0 Å². The van der Waals surface area contributed by atoms with Crippen LogP contribution in [0.25, 0.3) is 95.0 Å². The first-order valence-corrected chi connectivity index (χ1v) is 19.9. The molecule has 58 heavy (non-hydrogen) atoms. The average Bonchev–Trinajstić information content (AvgIpc) is 3.75. The number of aromatic nitrogens is 4. The van der Waals surface area contributed by atoms with Crippen LogP contribution >= 0.6 is 0 Å². The summed E-state index contributed by atoms with van der Waals surface area (Å²) in [5, 5.41) is 2.56. The molecule has 0 saturated heterocycles. The monoisotopic (exact) mass is 742 g/mol. The van der Waals surface area contributed by atoms with Crippen LogP contribution in [0.15, 0.2) is 194 Å². The minimum Gasteiger partial charge on any atom is -0.309 e. The van der Waals surface area contributed by atoms with E-state index in [-0.39, 0.29) is 5.41 Å². The van der Waals surface area contributed by atoms with Gasteiger partial charge in [0.25, 0.3) is 0 Å². The second-order valence-corrected chi connectivity index (χ2v) is 15.6. The summed E-state index contributed by atoms with van der Waals surface area (Å²) >= 11 is 0. The number of benzene rings is 8. The molecule has 2 aromatic heterocycles. The van der Waals surface area contributed by atoms with Crippen molar-refractivity contribution in [2.45, 2.75) is 19.3 Å². The normalized spacial score (nSPS) is 12.8. The summed E-state index contributed by atoms with van der Waals surface area (Å²) in [6.45, 7) is 4.69. The van der Waals surface area contributed by atoms with E-state index >= 15 is 0 Å². The van der Waals surface area contributed by atoms with E-state index in [1.165, 1.54) is 49.6 Å². The lowest BCUT2D eigenvalue weighted by Gasteiger charge is -2.21. The van der Waals surface area contributed by atoms with E-state index in [0.717, 1.165) is 39.1 Å². The molecule has 0 atom stereocenters. The minimum absolute atomic E-state index is 0.0694. The zero-order chi connectivity index (χ0) is 38.8. The molecule has 1 aliphatic carbocycles. The maximum Gasteiger partial charge on any atom is 0.164 e. The fourth-order valence-electron chi connectivity index (χ4n) is 8.96. The Hall–Kier alpha value is -7.43. The number of hydrogen-bond acceptors (Lipinski definition) is 3. The molecule has 274 valence electrons. The Balaban J connectivity index is 1.04. The Kier molecular flexibility index (Phi) is 7.80. The van der Waals surface area contributed by atoms with Gasteiger partial charge in [0.05, 0.1) is 11.0 Å². The molecular formula is C54H38N4. The van der Waals surface area contributed by atoms with E-state index in [1.807, 2.05) is 12.1 Å². The van der Waals surface area contributed by atoms with Crippen LogP contribution in [-0.2, 0) is 5.41 Å². The van der Waals surface area contributed by atoms with Gasteiger partial charge in [-0.05, 0) is 87.0 Å². The van der Waals surface area contributed by atoms with Gasteiger partial charge in [-0.1, -0.05) is 166 Å². The molecule has 2 heterocycles. The maximum atomic E-state index is 5.14. The van der Waals surface area contributed by atoms with Crippen LogP contribution in [0.3, 0.4) is 0 Å². The summed E-state index contributed by atoms with van der Waals surface area (Å²) in [7, 11) is 0. The Bertz CT molecular complexity index is 3160. The topological polar surface area (TPSA) is 43.6 Å². The van der Waals surface area contributed by atoms with E-state index in [1.54, 1.807) is 0 Å². The van der Waals surface area contributed by atoms with Gasteiger partial charge in [-0.2, -0.15) is 0 Å². The average molecular weight is 743 g/mol. The predicted octanol–water partition coefficient (Wildman–Crippen LogP) is 13.6. The minimum atomic E-state index is -0.0694. The van der Waals surface area contributed by atoms with Crippen molar-refractivity contribution in [2.24, 2.45) is 0 Å². The number of nitrogens with zero attached hydrogens (tertiary/aromatic N) is 4. The molecule has 0 spiro atoms. The van der Waals surface area contributed by atoms with Crippen molar-refractivity contribution in [1.29, 1.82) is 0 Å². The summed E-state index contributed by atoms with van der Waals surface area (Å²) < 4.78 is 2.40. The van der Waals surface area contributed by atoms with Crippen molar-refractivity contribution in [1.82, 2.24) is 19.5 Å². The van der Waals surface area contributed by atoms with Crippen LogP contribution < -0.4 is 0 Å². The lowest BCUT2D eigenvalue weighted by atomic mass is 9.82.